The maximum absolute atomic E-state index is 5.60. The van der Waals surface area contributed by atoms with Crippen LogP contribution in [0.1, 0.15) is 61.5 Å². The summed E-state index contributed by atoms with van der Waals surface area (Å²) in [7, 11) is 0. The molecule has 4 nitrogen and oxygen atoms in total. The number of fused-ring (bicyclic) bond motifs is 1. The predicted octanol–water partition coefficient (Wildman–Crippen LogP) is 2.95. The highest BCUT2D eigenvalue weighted by Gasteiger charge is 2.23. The molecule has 1 aromatic rings. The molecule has 0 aromatic carbocycles. The van der Waals surface area contributed by atoms with Crippen molar-refractivity contribution in [3.05, 3.63) is 17.1 Å². The molecule has 0 unspecified atom stereocenters. The molecule has 5 heteroatoms. The van der Waals surface area contributed by atoms with Gasteiger partial charge in [-0.25, -0.2) is 15.8 Å². The quantitative estimate of drug-likeness (QED) is 0.488. The van der Waals surface area contributed by atoms with Gasteiger partial charge in [-0.05, 0) is 12.8 Å². The number of rotatable bonds is 2. The summed E-state index contributed by atoms with van der Waals surface area (Å²) < 4.78 is 0. The van der Waals surface area contributed by atoms with Gasteiger partial charge in [-0.2, -0.15) is 11.8 Å². The molecule has 1 aliphatic carbocycles. The summed E-state index contributed by atoms with van der Waals surface area (Å²) in [5.41, 5.74) is 5.16. The van der Waals surface area contributed by atoms with Gasteiger partial charge in [-0.1, -0.05) is 25.7 Å². The van der Waals surface area contributed by atoms with Gasteiger partial charge in [0.15, 0.2) is 0 Å². The highest BCUT2D eigenvalue weighted by molar-refractivity contribution is 7.98. The van der Waals surface area contributed by atoms with Gasteiger partial charge < -0.3 is 5.43 Å². The third-order valence-corrected chi connectivity index (χ3v) is 4.92. The smallest absolute Gasteiger partial charge is 0.148 e. The normalized spacial score (nSPS) is 20.5. The summed E-state index contributed by atoms with van der Waals surface area (Å²) in [6.07, 6.45) is 7.81. The average molecular weight is 264 g/mol. The molecule has 18 heavy (non-hydrogen) atoms. The lowest BCUT2D eigenvalue weighted by Crippen LogP contribution is -2.15. The van der Waals surface area contributed by atoms with Crippen LogP contribution in [0, 0.1) is 0 Å². The fourth-order valence-corrected chi connectivity index (χ4v) is 3.95. The van der Waals surface area contributed by atoms with Crippen LogP contribution < -0.4 is 11.3 Å². The maximum Gasteiger partial charge on any atom is 0.148 e. The van der Waals surface area contributed by atoms with Gasteiger partial charge in [0, 0.05) is 23.0 Å². The zero-order valence-corrected chi connectivity index (χ0v) is 11.4. The Balaban J connectivity index is 1.91. The van der Waals surface area contributed by atoms with Crippen molar-refractivity contribution >= 4 is 17.6 Å². The molecule has 0 saturated heterocycles. The molecule has 0 spiro atoms. The van der Waals surface area contributed by atoms with Crippen molar-refractivity contribution in [2.45, 2.75) is 55.9 Å². The molecule has 0 atom stereocenters. The number of aromatic nitrogens is 2. The number of hydrogen-bond acceptors (Lipinski definition) is 5. The van der Waals surface area contributed by atoms with Crippen LogP contribution in [0.15, 0.2) is 0 Å². The lowest BCUT2D eigenvalue weighted by molar-refractivity contribution is 0.558. The van der Waals surface area contributed by atoms with Crippen LogP contribution in [0.5, 0.6) is 0 Å². The van der Waals surface area contributed by atoms with Crippen LogP contribution in [0.4, 0.5) is 5.82 Å². The first-order valence-electron chi connectivity index (χ1n) is 6.82. The summed E-state index contributed by atoms with van der Waals surface area (Å²) >= 11 is 1.89. The Kier molecular flexibility index (Phi) is 3.70. The number of nitrogens with two attached hydrogens (primary N) is 1. The summed E-state index contributed by atoms with van der Waals surface area (Å²) in [5.74, 6) is 10.0. The van der Waals surface area contributed by atoms with E-state index in [0.717, 1.165) is 23.1 Å². The second-order valence-electron chi connectivity index (χ2n) is 5.18. The van der Waals surface area contributed by atoms with Gasteiger partial charge in [0.05, 0.1) is 5.69 Å². The topological polar surface area (TPSA) is 63.8 Å². The maximum atomic E-state index is 5.60. The molecular weight excluding hydrogens is 244 g/mol. The number of nitrogen functional groups attached to an aromatic ring is 1. The highest BCUT2D eigenvalue weighted by atomic mass is 32.2. The highest BCUT2D eigenvalue weighted by Crippen LogP contribution is 2.36. The molecule has 0 radical (unpaired) electrons. The van der Waals surface area contributed by atoms with Gasteiger partial charge >= 0.3 is 0 Å². The van der Waals surface area contributed by atoms with E-state index in [1.165, 1.54) is 49.8 Å². The van der Waals surface area contributed by atoms with Crippen molar-refractivity contribution in [3.63, 3.8) is 0 Å². The number of thioether (sulfide) groups is 1. The Morgan fingerprint density at radius 3 is 2.56 bits per heavy atom. The monoisotopic (exact) mass is 264 g/mol. The van der Waals surface area contributed by atoms with E-state index in [-0.39, 0.29) is 0 Å². The van der Waals surface area contributed by atoms with E-state index >= 15 is 0 Å². The first-order valence-corrected chi connectivity index (χ1v) is 7.98. The largest absolute Gasteiger partial charge is 0.308 e. The molecule has 1 fully saturated rings. The SMILES string of the molecule is NNc1nc(C2CCCCCC2)nc2c1CSC2. The summed E-state index contributed by atoms with van der Waals surface area (Å²) in [4.78, 5) is 9.47. The van der Waals surface area contributed by atoms with Crippen LogP contribution in [0.3, 0.4) is 0 Å². The van der Waals surface area contributed by atoms with Crippen LogP contribution in [-0.2, 0) is 11.5 Å². The Hall–Kier alpha value is -0.810. The molecular formula is C13H20N4S. The van der Waals surface area contributed by atoms with Gasteiger partial charge in [0.1, 0.15) is 11.6 Å². The van der Waals surface area contributed by atoms with Crippen molar-refractivity contribution in [1.29, 1.82) is 0 Å². The van der Waals surface area contributed by atoms with Crippen molar-refractivity contribution in [3.8, 4) is 0 Å². The first-order chi connectivity index (χ1) is 8.88. The average Bonchev–Trinajstić information content (AvgIpc) is 2.71. The standard InChI is InChI=1S/C13H20N4S/c14-17-13-10-7-18-8-11(10)15-12(16-13)9-5-3-1-2-4-6-9/h9H,1-8,14H2,(H,15,16,17). The lowest BCUT2D eigenvalue weighted by atomic mass is 9.99. The van der Waals surface area contributed by atoms with E-state index < -0.39 is 0 Å². The molecule has 3 N–H and O–H groups in total. The molecule has 1 aliphatic heterocycles. The molecule has 1 saturated carbocycles. The number of hydrogen-bond donors (Lipinski definition) is 2. The van der Waals surface area contributed by atoms with E-state index in [9.17, 15) is 0 Å². The third-order valence-electron chi connectivity index (χ3n) is 3.95. The van der Waals surface area contributed by atoms with Crippen molar-refractivity contribution < 1.29 is 0 Å². The van der Waals surface area contributed by atoms with Crippen LogP contribution in [0.2, 0.25) is 0 Å². The minimum absolute atomic E-state index is 0.537. The van der Waals surface area contributed by atoms with E-state index in [0.29, 0.717) is 5.92 Å². The Morgan fingerprint density at radius 2 is 1.83 bits per heavy atom. The molecule has 1 aromatic heterocycles. The minimum atomic E-state index is 0.537. The number of nitrogens with zero attached hydrogens (tertiary/aromatic N) is 2. The molecule has 2 aliphatic rings. The second-order valence-corrected chi connectivity index (χ2v) is 6.17. The molecule has 0 amide bonds. The zero-order chi connectivity index (χ0) is 12.4. The van der Waals surface area contributed by atoms with Gasteiger partial charge in [-0.3, -0.25) is 0 Å². The van der Waals surface area contributed by atoms with Crippen molar-refractivity contribution in [1.82, 2.24) is 9.97 Å². The van der Waals surface area contributed by atoms with E-state index in [1.807, 2.05) is 11.8 Å². The molecule has 0 bridgehead atoms. The lowest BCUT2D eigenvalue weighted by Gasteiger charge is -2.15. The van der Waals surface area contributed by atoms with Crippen LogP contribution in [-0.4, -0.2) is 9.97 Å². The van der Waals surface area contributed by atoms with E-state index in [4.69, 9.17) is 10.8 Å². The van der Waals surface area contributed by atoms with E-state index in [2.05, 4.69) is 10.4 Å². The van der Waals surface area contributed by atoms with Gasteiger partial charge in [-0.15, -0.1) is 0 Å². The van der Waals surface area contributed by atoms with Crippen molar-refractivity contribution in [2.75, 3.05) is 5.43 Å². The third kappa shape index (κ3) is 2.34. The van der Waals surface area contributed by atoms with E-state index in [1.54, 1.807) is 0 Å². The Bertz CT molecular complexity index is 427. The molecule has 2 heterocycles. The summed E-state index contributed by atoms with van der Waals surface area (Å²) in [6, 6.07) is 0. The Labute approximate surface area is 112 Å². The van der Waals surface area contributed by atoms with Gasteiger partial charge in [0.2, 0.25) is 0 Å². The summed E-state index contributed by atoms with van der Waals surface area (Å²) in [5, 5.41) is 0. The Morgan fingerprint density at radius 1 is 1.06 bits per heavy atom. The van der Waals surface area contributed by atoms with Crippen LogP contribution in [0.25, 0.3) is 0 Å². The molecule has 3 rings (SSSR count). The summed E-state index contributed by atoms with van der Waals surface area (Å²) in [6.45, 7) is 0. The van der Waals surface area contributed by atoms with Crippen molar-refractivity contribution in [2.24, 2.45) is 5.84 Å². The first kappa shape index (κ1) is 12.2. The number of nitrogens with one attached hydrogen (secondary N) is 1. The van der Waals surface area contributed by atoms with Gasteiger partial charge in [0.25, 0.3) is 0 Å². The zero-order valence-electron chi connectivity index (χ0n) is 10.6. The fourth-order valence-electron chi connectivity index (χ4n) is 2.91. The predicted molar refractivity (Wildman–Crippen MR) is 75.3 cm³/mol. The minimum Gasteiger partial charge on any atom is -0.308 e. The fraction of sp³-hybridized carbons (Fsp3) is 0.692. The van der Waals surface area contributed by atoms with Crippen LogP contribution >= 0.6 is 11.8 Å². The number of anilines is 1. The second kappa shape index (κ2) is 5.45. The number of hydrazine groups is 1. The molecule has 98 valence electrons.